The molecular weight excluding hydrogens is 332 g/mol. The van der Waals surface area contributed by atoms with Crippen molar-refractivity contribution in [3.63, 3.8) is 0 Å². The molecule has 0 aliphatic heterocycles. The maximum atomic E-state index is 11.4. The minimum Gasteiger partial charge on any atom is -0.481 e. The zero-order valence-corrected chi connectivity index (χ0v) is 13.3. The van der Waals surface area contributed by atoms with Crippen molar-refractivity contribution in [2.75, 3.05) is 0 Å². The van der Waals surface area contributed by atoms with Crippen LogP contribution in [0.3, 0.4) is 0 Å². The number of carbonyl (C=O) groups is 1. The Bertz CT molecular complexity index is 460. The first-order valence-electron chi connectivity index (χ1n) is 6.21. The van der Waals surface area contributed by atoms with Crippen molar-refractivity contribution in [3.05, 3.63) is 33.3 Å². The number of aliphatic carboxylic acids is 1. The molecule has 0 saturated heterocycles. The monoisotopic (exact) mass is 348 g/mol. The Morgan fingerprint density at radius 1 is 1.53 bits per heavy atom. The Hall–Kier alpha value is -0.580. The number of hydrogen-bond acceptors (Lipinski definition) is 2. The number of unbranched alkanes of at least 4 members (excludes halogenated alkanes) is 1. The summed E-state index contributed by atoms with van der Waals surface area (Å²) in [5.41, 5.74) is -1.04. The van der Waals surface area contributed by atoms with Crippen LogP contribution in [-0.2, 0) is 10.4 Å². The molecule has 106 valence electrons. The van der Waals surface area contributed by atoms with E-state index in [0.29, 0.717) is 17.0 Å². The highest BCUT2D eigenvalue weighted by molar-refractivity contribution is 9.10. The van der Waals surface area contributed by atoms with Crippen LogP contribution in [0.25, 0.3) is 0 Å². The molecule has 0 fully saturated rings. The minimum atomic E-state index is -1.49. The van der Waals surface area contributed by atoms with Crippen molar-refractivity contribution in [3.8, 4) is 0 Å². The lowest BCUT2D eigenvalue weighted by Crippen LogP contribution is -2.37. The van der Waals surface area contributed by atoms with Crippen molar-refractivity contribution >= 4 is 33.5 Å². The number of hydrogen-bond donors (Lipinski definition) is 2. The van der Waals surface area contributed by atoms with Gasteiger partial charge in [0.2, 0.25) is 0 Å². The van der Waals surface area contributed by atoms with Gasteiger partial charge in [-0.15, -0.1) is 0 Å². The number of benzene rings is 1. The molecule has 1 aromatic rings. The van der Waals surface area contributed by atoms with Crippen molar-refractivity contribution in [1.29, 1.82) is 0 Å². The summed E-state index contributed by atoms with van der Waals surface area (Å²) in [6, 6.07) is 5.06. The molecule has 3 nitrogen and oxygen atoms in total. The number of aliphatic hydroxyl groups is 1. The number of carboxylic acid groups (broad SMARTS) is 1. The van der Waals surface area contributed by atoms with Gasteiger partial charge in [0.25, 0.3) is 0 Å². The van der Waals surface area contributed by atoms with Gasteiger partial charge in [-0.2, -0.15) is 0 Å². The van der Waals surface area contributed by atoms with Crippen LogP contribution in [0.5, 0.6) is 0 Å². The molecule has 2 unspecified atom stereocenters. The van der Waals surface area contributed by atoms with E-state index >= 15 is 0 Å². The van der Waals surface area contributed by atoms with Gasteiger partial charge in [-0.3, -0.25) is 4.79 Å². The van der Waals surface area contributed by atoms with Gasteiger partial charge in [-0.25, -0.2) is 0 Å². The van der Waals surface area contributed by atoms with E-state index in [1.807, 2.05) is 6.92 Å². The average Bonchev–Trinajstić information content (AvgIpc) is 2.27. The minimum absolute atomic E-state index is 0.363. The van der Waals surface area contributed by atoms with Crippen LogP contribution in [0.4, 0.5) is 0 Å². The molecule has 0 spiro atoms. The summed E-state index contributed by atoms with van der Waals surface area (Å²) in [6.45, 7) is 3.50. The third kappa shape index (κ3) is 3.94. The lowest BCUT2D eigenvalue weighted by Gasteiger charge is -2.31. The van der Waals surface area contributed by atoms with Crippen molar-refractivity contribution in [1.82, 2.24) is 0 Å². The van der Waals surface area contributed by atoms with Gasteiger partial charge in [0, 0.05) is 15.1 Å². The first-order valence-corrected chi connectivity index (χ1v) is 7.38. The predicted octanol–water partition coefficient (Wildman–Crippen LogP) is 4.20. The molecule has 1 rings (SSSR count). The van der Waals surface area contributed by atoms with Crippen molar-refractivity contribution < 1.29 is 15.0 Å². The highest BCUT2D eigenvalue weighted by Crippen LogP contribution is 2.37. The van der Waals surface area contributed by atoms with Gasteiger partial charge >= 0.3 is 5.97 Å². The standard InChI is InChI=1S/C14H18BrClO3/c1-3-4-5-11(13(17)18)14(2,19)10-7-6-9(15)8-12(10)16/h6-8,11,19H,3-5H2,1-2H3,(H,17,18). The van der Waals surface area contributed by atoms with Gasteiger partial charge in [0.05, 0.1) is 5.92 Å². The van der Waals surface area contributed by atoms with E-state index < -0.39 is 17.5 Å². The molecule has 2 N–H and O–H groups in total. The molecule has 0 bridgehead atoms. The van der Waals surface area contributed by atoms with Crippen LogP contribution in [-0.4, -0.2) is 16.2 Å². The van der Waals surface area contributed by atoms with Crippen LogP contribution in [0.1, 0.15) is 38.7 Å². The highest BCUT2D eigenvalue weighted by Gasteiger charge is 2.39. The Labute approximate surface area is 126 Å². The largest absolute Gasteiger partial charge is 0.481 e. The smallest absolute Gasteiger partial charge is 0.309 e. The predicted molar refractivity (Wildman–Crippen MR) is 79.4 cm³/mol. The summed E-state index contributed by atoms with van der Waals surface area (Å²) in [6.07, 6.45) is 2.06. The van der Waals surface area contributed by atoms with Gasteiger partial charge < -0.3 is 10.2 Å². The maximum Gasteiger partial charge on any atom is 0.309 e. The zero-order valence-electron chi connectivity index (χ0n) is 11.0. The second kappa shape index (κ2) is 6.73. The molecule has 0 radical (unpaired) electrons. The van der Waals surface area contributed by atoms with Crippen LogP contribution < -0.4 is 0 Å². The lowest BCUT2D eigenvalue weighted by molar-refractivity contribution is -0.152. The fourth-order valence-corrected chi connectivity index (χ4v) is 3.01. The van der Waals surface area contributed by atoms with Gasteiger partial charge in [-0.05, 0) is 25.5 Å². The summed E-state index contributed by atoms with van der Waals surface area (Å²) < 4.78 is 0.789. The molecule has 0 amide bonds. The first kappa shape index (κ1) is 16.5. The van der Waals surface area contributed by atoms with Crippen LogP contribution in [0.2, 0.25) is 5.02 Å². The van der Waals surface area contributed by atoms with Crippen molar-refractivity contribution in [2.24, 2.45) is 5.92 Å². The second-order valence-electron chi connectivity index (χ2n) is 4.80. The quantitative estimate of drug-likeness (QED) is 0.809. The summed E-state index contributed by atoms with van der Waals surface area (Å²) in [5.74, 6) is -1.87. The van der Waals surface area contributed by atoms with Crippen molar-refractivity contribution in [2.45, 2.75) is 38.7 Å². The van der Waals surface area contributed by atoms with Crippen LogP contribution in [0, 0.1) is 5.92 Å². The highest BCUT2D eigenvalue weighted by atomic mass is 79.9. The average molecular weight is 350 g/mol. The Balaban J connectivity index is 3.14. The summed E-state index contributed by atoms with van der Waals surface area (Å²) in [4.78, 5) is 11.4. The van der Waals surface area contributed by atoms with Crippen LogP contribution >= 0.6 is 27.5 Å². The molecule has 2 atom stereocenters. The molecule has 1 aromatic carbocycles. The Morgan fingerprint density at radius 3 is 2.63 bits per heavy atom. The fraction of sp³-hybridized carbons (Fsp3) is 0.500. The molecule has 5 heteroatoms. The number of carboxylic acids is 1. The van der Waals surface area contributed by atoms with E-state index in [4.69, 9.17) is 11.6 Å². The third-order valence-corrected chi connectivity index (χ3v) is 4.11. The molecular formula is C14H18BrClO3. The summed E-state index contributed by atoms with van der Waals surface area (Å²) in [7, 11) is 0. The van der Waals surface area contributed by atoms with Gasteiger partial charge in [0.1, 0.15) is 5.60 Å². The van der Waals surface area contributed by atoms with Crippen LogP contribution in [0.15, 0.2) is 22.7 Å². The van der Waals surface area contributed by atoms with Gasteiger partial charge in [-0.1, -0.05) is 53.4 Å². The molecule has 0 heterocycles. The van der Waals surface area contributed by atoms with E-state index in [-0.39, 0.29) is 0 Å². The summed E-state index contributed by atoms with van der Waals surface area (Å²) in [5, 5.41) is 20.3. The molecule has 0 aliphatic carbocycles. The fourth-order valence-electron chi connectivity index (χ4n) is 2.14. The normalized spacial score (nSPS) is 15.8. The topological polar surface area (TPSA) is 57.5 Å². The lowest BCUT2D eigenvalue weighted by atomic mass is 9.80. The second-order valence-corrected chi connectivity index (χ2v) is 6.13. The Kier molecular flexibility index (Phi) is 5.83. The number of halogens is 2. The molecule has 0 saturated carbocycles. The molecule has 19 heavy (non-hydrogen) atoms. The van der Waals surface area contributed by atoms with Gasteiger partial charge in [0.15, 0.2) is 0 Å². The summed E-state index contributed by atoms with van der Waals surface area (Å²) >= 11 is 9.40. The molecule has 0 aliphatic rings. The number of rotatable bonds is 6. The SMILES string of the molecule is CCCCC(C(=O)O)C(C)(O)c1ccc(Br)cc1Cl. The van der Waals surface area contributed by atoms with E-state index in [2.05, 4.69) is 15.9 Å². The van der Waals surface area contributed by atoms with E-state index in [9.17, 15) is 15.0 Å². The van der Waals surface area contributed by atoms with E-state index in [1.165, 1.54) is 6.92 Å². The van der Waals surface area contributed by atoms with E-state index in [1.54, 1.807) is 18.2 Å². The Morgan fingerprint density at radius 2 is 2.16 bits per heavy atom. The molecule has 0 aromatic heterocycles. The first-order chi connectivity index (χ1) is 8.80. The zero-order chi connectivity index (χ0) is 14.6. The van der Waals surface area contributed by atoms with E-state index in [0.717, 1.165) is 17.3 Å². The maximum absolute atomic E-state index is 11.4. The third-order valence-electron chi connectivity index (χ3n) is 3.30.